The highest BCUT2D eigenvalue weighted by Crippen LogP contribution is 2.15. The van der Waals surface area contributed by atoms with Crippen molar-refractivity contribution in [1.29, 1.82) is 0 Å². The van der Waals surface area contributed by atoms with E-state index in [1.165, 1.54) is 12.1 Å². The quantitative estimate of drug-likeness (QED) is 0.577. The van der Waals surface area contributed by atoms with Crippen molar-refractivity contribution in [2.45, 2.75) is 19.3 Å². The Bertz CT molecular complexity index is 985. The zero-order valence-electron chi connectivity index (χ0n) is 16.2. The molecule has 3 aromatic rings. The van der Waals surface area contributed by atoms with Gasteiger partial charge in [0.25, 0.3) is 5.91 Å². The van der Waals surface area contributed by atoms with E-state index in [2.05, 4.69) is 15.7 Å². The van der Waals surface area contributed by atoms with Crippen molar-refractivity contribution >= 4 is 17.5 Å². The second-order valence-corrected chi connectivity index (χ2v) is 6.82. The highest BCUT2D eigenvalue weighted by atomic mass is 19.1. The predicted molar refractivity (Wildman–Crippen MR) is 109 cm³/mol. The van der Waals surface area contributed by atoms with Crippen LogP contribution in [0.4, 0.5) is 10.1 Å². The highest BCUT2D eigenvalue weighted by molar-refractivity contribution is 5.97. The van der Waals surface area contributed by atoms with E-state index in [0.717, 1.165) is 30.0 Å². The van der Waals surface area contributed by atoms with Gasteiger partial charge in [-0.3, -0.25) is 14.3 Å². The number of nitrogens with zero attached hydrogens (tertiary/aromatic N) is 2. The van der Waals surface area contributed by atoms with Gasteiger partial charge in [-0.2, -0.15) is 5.10 Å². The van der Waals surface area contributed by atoms with Gasteiger partial charge in [-0.15, -0.1) is 0 Å². The molecule has 0 unspecified atom stereocenters. The molecule has 6 nitrogen and oxygen atoms in total. The molecule has 0 aliphatic rings. The van der Waals surface area contributed by atoms with Gasteiger partial charge >= 0.3 is 0 Å². The molecule has 0 aliphatic heterocycles. The van der Waals surface area contributed by atoms with Crippen LogP contribution in [0.15, 0.2) is 60.9 Å². The topological polar surface area (TPSA) is 76.0 Å². The van der Waals surface area contributed by atoms with Crippen LogP contribution in [-0.2, 0) is 24.7 Å². The Morgan fingerprint density at radius 3 is 2.62 bits per heavy atom. The van der Waals surface area contributed by atoms with Crippen molar-refractivity contribution in [2.75, 3.05) is 11.9 Å². The third-order valence-electron chi connectivity index (χ3n) is 4.34. The number of carbonyl (C=O) groups excluding carboxylic acids is 2. The molecule has 7 heteroatoms. The average Bonchev–Trinajstić information content (AvgIpc) is 3.10. The first-order chi connectivity index (χ1) is 14.0. The molecule has 2 amide bonds. The fraction of sp³-hybridized carbons (Fsp3) is 0.227. The molecular formula is C22H23FN4O2. The number of anilines is 1. The Balaban J connectivity index is 1.53. The first-order valence-corrected chi connectivity index (χ1v) is 9.40. The summed E-state index contributed by atoms with van der Waals surface area (Å²) < 4.78 is 15.7. The maximum atomic E-state index is 13.9. The van der Waals surface area contributed by atoms with Gasteiger partial charge in [0.15, 0.2) is 0 Å². The number of hydrogen-bond acceptors (Lipinski definition) is 3. The smallest absolute Gasteiger partial charge is 0.251 e. The molecule has 1 heterocycles. The van der Waals surface area contributed by atoms with E-state index in [1.807, 2.05) is 43.6 Å². The van der Waals surface area contributed by atoms with E-state index in [1.54, 1.807) is 10.9 Å². The molecule has 3 rings (SSSR count). The summed E-state index contributed by atoms with van der Waals surface area (Å²) >= 11 is 0. The summed E-state index contributed by atoms with van der Waals surface area (Å²) in [6.07, 6.45) is 5.43. The van der Waals surface area contributed by atoms with Gasteiger partial charge in [-0.25, -0.2) is 4.39 Å². The molecule has 2 aromatic carbocycles. The molecule has 1 aromatic heterocycles. The number of carbonyl (C=O) groups is 2. The van der Waals surface area contributed by atoms with Crippen LogP contribution in [0.3, 0.4) is 0 Å². The average molecular weight is 394 g/mol. The molecule has 0 aliphatic carbocycles. The lowest BCUT2D eigenvalue weighted by Crippen LogP contribution is -2.25. The fourth-order valence-corrected chi connectivity index (χ4v) is 2.98. The normalized spacial score (nSPS) is 10.6. The van der Waals surface area contributed by atoms with Gasteiger partial charge < -0.3 is 10.6 Å². The summed E-state index contributed by atoms with van der Waals surface area (Å²) in [5, 5.41) is 9.53. The lowest BCUT2D eigenvalue weighted by Gasteiger charge is -2.09. The van der Waals surface area contributed by atoms with Crippen LogP contribution < -0.4 is 10.6 Å². The van der Waals surface area contributed by atoms with E-state index < -0.39 is 5.82 Å². The van der Waals surface area contributed by atoms with Gasteiger partial charge in [0.2, 0.25) is 5.91 Å². The first-order valence-electron chi connectivity index (χ1n) is 9.40. The van der Waals surface area contributed by atoms with Crippen LogP contribution in [0.5, 0.6) is 0 Å². The zero-order chi connectivity index (χ0) is 20.6. The molecule has 0 saturated carbocycles. The number of halogens is 1. The SMILES string of the molecule is Cn1cc(CCCNC(=O)c2cc(F)cc(NC(=O)Cc3ccccc3)c2)cn1. The van der Waals surface area contributed by atoms with E-state index in [4.69, 9.17) is 0 Å². The number of aryl methyl sites for hydroxylation is 2. The number of aromatic nitrogens is 2. The van der Waals surface area contributed by atoms with Crippen LogP contribution in [0.1, 0.15) is 27.9 Å². The fourth-order valence-electron chi connectivity index (χ4n) is 2.98. The monoisotopic (exact) mass is 394 g/mol. The molecule has 0 fully saturated rings. The summed E-state index contributed by atoms with van der Waals surface area (Å²) in [7, 11) is 1.85. The third kappa shape index (κ3) is 6.27. The molecule has 29 heavy (non-hydrogen) atoms. The zero-order valence-corrected chi connectivity index (χ0v) is 16.2. The number of benzene rings is 2. The predicted octanol–water partition coefficient (Wildman–Crippen LogP) is 3.10. The van der Waals surface area contributed by atoms with Crippen LogP contribution in [0, 0.1) is 5.82 Å². The Morgan fingerprint density at radius 2 is 1.90 bits per heavy atom. The lowest BCUT2D eigenvalue weighted by molar-refractivity contribution is -0.115. The second-order valence-electron chi connectivity index (χ2n) is 6.82. The van der Waals surface area contributed by atoms with Gasteiger partial charge in [0.1, 0.15) is 5.82 Å². The van der Waals surface area contributed by atoms with Gasteiger partial charge in [-0.05, 0) is 42.2 Å². The Labute approximate surface area is 168 Å². The highest BCUT2D eigenvalue weighted by Gasteiger charge is 2.11. The van der Waals surface area contributed by atoms with Crippen molar-refractivity contribution in [3.63, 3.8) is 0 Å². The van der Waals surface area contributed by atoms with E-state index >= 15 is 0 Å². The summed E-state index contributed by atoms with van der Waals surface area (Å²) in [6, 6.07) is 13.1. The maximum Gasteiger partial charge on any atom is 0.251 e. The number of rotatable bonds is 8. The molecular weight excluding hydrogens is 371 g/mol. The molecule has 2 N–H and O–H groups in total. The molecule has 0 radical (unpaired) electrons. The van der Waals surface area contributed by atoms with Crippen LogP contribution in [0.25, 0.3) is 0 Å². The largest absolute Gasteiger partial charge is 0.352 e. The minimum absolute atomic E-state index is 0.168. The van der Waals surface area contributed by atoms with Gasteiger partial charge in [0, 0.05) is 31.0 Å². The van der Waals surface area contributed by atoms with Crippen LogP contribution >= 0.6 is 0 Å². The lowest BCUT2D eigenvalue weighted by atomic mass is 10.1. The second kappa shape index (κ2) is 9.64. The standard InChI is InChI=1S/C22H23FN4O2/c1-27-15-17(14-25-27)8-5-9-24-22(29)18-11-19(23)13-20(12-18)26-21(28)10-16-6-3-2-4-7-16/h2-4,6-7,11-15H,5,8-10H2,1H3,(H,24,29)(H,26,28). The Hall–Kier alpha value is -3.48. The molecule has 0 atom stereocenters. The van der Waals surface area contributed by atoms with Crippen molar-refractivity contribution < 1.29 is 14.0 Å². The van der Waals surface area contributed by atoms with Gasteiger partial charge in [0.05, 0.1) is 12.6 Å². The Morgan fingerprint density at radius 1 is 1.10 bits per heavy atom. The Kier molecular flexibility index (Phi) is 6.73. The van der Waals surface area contributed by atoms with E-state index in [0.29, 0.717) is 6.54 Å². The number of nitrogens with one attached hydrogen (secondary N) is 2. The summed E-state index contributed by atoms with van der Waals surface area (Å²) in [4.78, 5) is 24.5. The van der Waals surface area contributed by atoms with E-state index in [-0.39, 0.29) is 29.5 Å². The number of hydrogen-bond donors (Lipinski definition) is 2. The maximum absolute atomic E-state index is 13.9. The van der Waals surface area contributed by atoms with Crippen molar-refractivity contribution in [3.05, 3.63) is 83.4 Å². The minimum atomic E-state index is -0.581. The molecule has 150 valence electrons. The van der Waals surface area contributed by atoms with Crippen LogP contribution in [-0.4, -0.2) is 28.1 Å². The van der Waals surface area contributed by atoms with Gasteiger partial charge in [-0.1, -0.05) is 30.3 Å². The molecule has 0 spiro atoms. The summed E-state index contributed by atoms with van der Waals surface area (Å²) in [5.74, 6) is -1.23. The molecule has 0 saturated heterocycles. The third-order valence-corrected chi connectivity index (χ3v) is 4.34. The number of amides is 2. The molecule has 0 bridgehead atoms. The van der Waals surface area contributed by atoms with Crippen molar-refractivity contribution in [3.8, 4) is 0 Å². The first kappa shape index (κ1) is 20.3. The van der Waals surface area contributed by atoms with Crippen LogP contribution in [0.2, 0.25) is 0 Å². The van der Waals surface area contributed by atoms with E-state index in [9.17, 15) is 14.0 Å². The summed E-state index contributed by atoms with van der Waals surface area (Å²) in [5.41, 5.74) is 2.37. The van der Waals surface area contributed by atoms with Crippen molar-refractivity contribution in [2.24, 2.45) is 7.05 Å². The minimum Gasteiger partial charge on any atom is -0.352 e. The van der Waals surface area contributed by atoms with Crippen molar-refractivity contribution in [1.82, 2.24) is 15.1 Å². The summed E-state index contributed by atoms with van der Waals surface area (Å²) in [6.45, 7) is 0.458.